The molecule has 6 nitrogen and oxygen atoms in total. The first kappa shape index (κ1) is 19.4. The van der Waals surface area contributed by atoms with Gasteiger partial charge < -0.3 is 11.1 Å². The number of hydrogen-bond donors (Lipinski definition) is 3. The van der Waals surface area contributed by atoms with E-state index in [0.29, 0.717) is 0 Å². The van der Waals surface area contributed by atoms with Gasteiger partial charge in [-0.05, 0) is 48.4 Å². The summed E-state index contributed by atoms with van der Waals surface area (Å²) in [5.74, 6) is 0.141. The molecule has 0 saturated heterocycles. The Labute approximate surface area is 160 Å². The Kier molecular flexibility index (Phi) is 6.47. The summed E-state index contributed by atoms with van der Waals surface area (Å²) in [5.41, 5.74) is 10.5. The molecule has 0 heterocycles. The van der Waals surface area contributed by atoms with Gasteiger partial charge in [-0.25, -0.2) is 13.1 Å². The van der Waals surface area contributed by atoms with Crippen molar-refractivity contribution >= 4 is 21.7 Å². The molecule has 0 unspecified atom stereocenters. The van der Waals surface area contributed by atoms with Crippen LogP contribution in [0.1, 0.15) is 29.5 Å². The Hall–Kier alpha value is -2.38. The minimum Gasteiger partial charge on any atom is -0.370 e. The van der Waals surface area contributed by atoms with Gasteiger partial charge in [-0.3, -0.25) is 4.99 Å². The number of nitrogens with one attached hydrogen (secondary N) is 2. The molecular weight excluding hydrogens is 360 g/mol. The van der Waals surface area contributed by atoms with E-state index in [4.69, 9.17) is 5.73 Å². The maximum atomic E-state index is 12.1. The molecule has 0 aliphatic heterocycles. The Morgan fingerprint density at radius 1 is 1.04 bits per heavy atom. The zero-order valence-electron chi connectivity index (χ0n) is 15.3. The Morgan fingerprint density at radius 2 is 1.81 bits per heavy atom. The number of guanidine groups is 1. The smallest absolute Gasteiger partial charge is 0.213 e. The van der Waals surface area contributed by atoms with Crippen LogP contribution in [0.3, 0.4) is 0 Å². The topological polar surface area (TPSA) is 96.6 Å². The monoisotopic (exact) mass is 386 g/mol. The van der Waals surface area contributed by atoms with E-state index in [1.165, 1.54) is 24.0 Å². The first-order valence-electron chi connectivity index (χ1n) is 9.22. The zero-order valence-corrected chi connectivity index (χ0v) is 16.1. The van der Waals surface area contributed by atoms with Gasteiger partial charge in [0.25, 0.3) is 0 Å². The minimum atomic E-state index is -3.40. The van der Waals surface area contributed by atoms with Crippen molar-refractivity contribution in [3.8, 4) is 0 Å². The highest BCUT2D eigenvalue weighted by molar-refractivity contribution is 7.89. The Balaban J connectivity index is 1.52. The van der Waals surface area contributed by atoms with Crippen LogP contribution in [0.2, 0.25) is 0 Å². The normalized spacial score (nSPS) is 14.6. The fourth-order valence-electron chi connectivity index (χ4n) is 3.22. The van der Waals surface area contributed by atoms with Crippen LogP contribution in [0, 0.1) is 0 Å². The summed E-state index contributed by atoms with van der Waals surface area (Å²) in [6.07, 6.45) is 4.51. The number of rotatable bonds is 7. The van der Waals surface area contributed by atoms with Gasteiger partial charge in [-0.15, -0.1) is 0 Å². The molecule has 2 aromatic rings. The SMILES string of the molecule is NC(=NCCS(=O)(=O)NCc1ccccc1)Nc1cccc2c1CCCC2. The quantitative estimate of drug-likeness (QED) is 0.503. The second-order valence-corrected chi connectivity index (χ2v) is 8.59. The van der Waals surface area contributed by atoms with Crippen LogP contribution in [0.4, 0.5) is 5.69 Å². The van der Waals surface area contributed by atoms with E-state index in [0.717, 1.165) is 24.1 Å². The summed E-state index contributed by atoms with van der Waals surface area (Å²) in [5, 5.41) is 3.13. The third-order valence-corrected chi connectivity index (χ3v) is 5.94. The third-order valence-electron chi connectivity index (χ3n) is 4.64. The molecule has 0 amide bonds. The maximum absolute atomic E-state index is 12.1. The lowest BCUT2D eigenvalue weighted by Crippen LogP contribution is -2.29. The van der Waals surface area contributed by atoms with E-state index >= 15 is 0 Å². The lowest BCUT2D eigenvalue weighted by molar-refractivity contribution is 0.581. The summed E-state index contributed by atoms with van der Waals surface area (Å²) in [6, 6.07) is 15.6. The molecule has 0 spiro atoms. The van der Waals surface area contributed by atoms with Gasteiger partial charge in [-0.2, -0.15) is 0 Å². The van der Waals surface area contributed by atoms with Crippen molar-refractivity contribution in [2.24, 2.45) is 10.7 Å². The van der Waals surface area contributed by atoms with E-state index in [1.54, 1.807) is 0 Å². The fraction of sp³-hybridized carbons (Fsp3) is 0.350. The molecule has 2 aromatic carbocycles. The standard InChI is InChI=1S/C20H26N4O2S/c21-20(24-19-12-6-10-17-9-4-5-11-18(17)19)22-13-14-27(25,26)23-15-16-7-2-1-3-8-16/h1-3,6-8,10,12,23H,4-5,9,11,13-15H2,(H3,21,22,24). The molecule has 1 aliphatic rings. The van der Waals surface area contributed by atoms with Crippen molar-refractivity contribution in [2.75, 3.05) is 17.6 Å². The molecule has 0 saturated carbocycles. The van der Waals surface area contributed by atoms with Crippen LogP contribution in [-0.2, 0) is 29.4 Å². The van der Waals surface area contributed by atoms with Crippen LogP contribution < -0.4 is 15.8 Å². The van der Waals surface area contributed by atoms with Crippen molar-refractivity contribution in [1.82, 2.24) is 4.72 Å². The van der Waals surface area contributed by atoms with Gasteiger partial charge in [-0.1, -0.05) is 42.5 Å². The van der Waals surface area contributed by atoms with Gasteiger partial charge >= 0.3 is 0 Å². The largest absolute Gasteiger partial charge is 0.370 e. The van der Waals surface area contributed by atoms with Crippen LogP contribution in [0.15, 0.2) is 53.5 Å². The highest BCUT2D eigenvalue weighted by Gasteiger charge is 2.13. The first-order valence-corrected chi connectivity index (χ1v) is 10.9. The third kappa shape index (κ3) is 5.80. The average Bonchev–Trinajstić information content (AvgIpc) is 2.67. The predicted molar refractivity (Wildman–Crippen MR) is 110 cm³/mol. The van der Waals surface area contributed by atoms with E-state index in [9.17, 15) is 8.42 Å². The van der Waals surface area contributed by atoms with E-state index < -0.39 is 10.0 Å². The predicted octanol–water partition coefficient (Wildman–Crippen LogP) is 2.41. The summed E-state index contributed by atoms with van der Waals surface area (Å²) < 4.78 is 26.8. The molecule has 3 rings (SSSR count). The molecule has 0 atom stereocenters. The summed E-state index contributed by atoms with van der Waals surface area (Å²) in [6.45, 7) is 0.384. The Morgan fingerprint density at radius 3 is 2.63 bits per heavy atom. The maximum Gasteiger partial charge on any atom is 0.213 e. The second-order valence-electron chi connectivity index (χ2n) is 6.67. The Bertz CT molecular complexity index is 895. The summed E-state index contributed by atoms with van der Waals surface area (Å²) in [7, 11) is -3.40. The molecular formula is C20H26N4O2S. The molecule has 144 valence electrons. The van der Waals surface area contributed by atoms with Crippen molar-refractivity contribution in [3.63, 3.8) is 0 Å². The molecule has 4 N–H and O–H groups in total. The number of benzene rings is 2. The molecule has 27 heavy (non-hydrogen) atoms. The van der Waals surface area contributed by atoms with Crippen molar-refractivity contribution < 1.29 is 8.42 Å². The van der Waals surface area contributed by atoms with Crippen molar-refractivity contribution in [1.29, 1.82) is 0 Å². The minimum absolute atomic E-state index is 0.102. The van der Waals surface area contributed by atoms with Crippen LogP contribution >= 0.6 is 0 Å². The van der Waals surface area contributed by atoms with Gasteiger partial charge in [0.05, 0.1) is 12.3 Å². The van der Waals surface area contributed by atoms with Gasteiger partial charge in [0.1, 0.15) is 0 Å². The van der Waals surface area contributed by atoms with E-state index in [1.807, 2.05) is 42.5 Å². The fourth-order valence-corrected chi connectivity index (χ4v) is 4.09. The van der Waals surface area contributed by atoms with Gasteiger partial charge in [0, 0.05) is 12.2 Å². The first-order chi connectivity index (χ1) is 13.0. The number of sulfonamides is 1. The number of nitrogens with zero attached hydrogens (tertiary/aromatic N) is 1. The van der Waals surface area contributed by atoms with Crippen LogP contribution in [-0.4, -0.2) is 26.7 Å². The summed E-state index contributed by atoms with van der Waals surface area (Å²) >= 11 is 0. The van der Waals surface area contributed by atoms with Gasteiger partial charge in [0.15, 0.2) is 5.96 Å². The molecule has 1 aliphatic carbocycles. The van der Waals surface area contributed by atoms with Crippen LogP contribution in [0.5, 0.6) is 0 Å². The number of fused-ring (bicyclic) bond motifs is 1. The molecule has 0 aromatic heterocycles. The van der Waals surface area contributed by atoms with Crippen molar-refractivity contribution in [2.45, 2.75) is 32.2 Å². The number of hydrogen-bond acceptors (Lipinski definition) is 3. The second kappa shape index (κ2) is 9.01. The molecule has 0 fully saturated rings. The number of aryl methyl sites for hydroxylation is 1. The number of aliphatic imine (C=N–C) groups is 1. The van der Waals surface area contributed by atoms with E-state index in [2.05, 4.69) is 21.1 Å². The van der Waals surface area contributed by atoms with Crippen molar-refractivity contribution in [3.05, 3.63) is 65.2 Å². The molecule has 0 radical (unpaired) electrons. The van der Waals surface area contributed by atoms with Crippen LogP contribution in [0.25, 0.3) is 0 Å². The van der Waals surface area contributed by atoms with Gasteiger partial charge in [0.2, 0.25) is 10.0 Å². The van der Waals surface area contributed by atoms with E-state index in [-0.39, 0.29) is 24.8 Å². The lowest BCUT2D eigenvalue weighted by Gasteiger charge is -2.19. The highest BCUT2D eigenvalue weighted by atomic mass is 32.2. The average molecular weight is 387 g/mol. The highest BCUT2D eigenvalue weighted by Crippen LogP contribution is 2.27. The number of nitrogens with two attached hydrogens (primary N) is 1. The molecule has 0 bridgehead atoms. The lowest BCUT2D eigenvalue weighted by atomic mass is 9.90. The molecule has 7 heteroatoms. The summed E-state index contributed by atoms with van der Waals surface area (Å²) in [4.78, 5) is 4.17. The number of anilines is 1. The zero-order chi connectivity index (χ0) is 19.1.